The fraction of sp³-hybridized carbons (Fsp3) is 0.317. The molecule has 22 nitrogen and oxygen atoms in total. The number of aromatic nitrogens is 2. The van der Waals surface area contributed by atoms with Crippen LogP contribution in [0.25, 0.3) is 10.9 Å². The molecule has 0 fully saturated rings. The van der Waals surface area contributed by atoms with Crippen molar-refractivity contribution in [1.82, 2.24) is 9.13 Å². The number of allylic oxidation sites excluding steroid dienone is 2. The van der Waals surface area contributed by atoms with Gasteiger partial charge in [0.05, 0.1) is 21.8 Å². The number of non-ortho nitro benzene ring substituents is 2. The van der Waals surface area contributed by atoms with Crippen LogP contribution in [-0.4, -0.2) is 69.8 Å². The topological polar surface area (TPSA) is 295 Å². The van der Waals surface area contributed by atoms with Crippen molar-refractivity contribution in [3.8, 4) is 29.3 Å². The van der Waals surface area contributed by atoms with Gasteiger partial charge in [-0.05, 0) is 102 Å². The van der Waals surface area contributed by atoms with Gasteiger partial charge in [-0.1, -0.05) is 69.7 Å². The summed E-state index contributed by atoms with van der Waals surface area (Å²) in [5.74, 6) is -1.67. The van der Waals surface area contributed by atoms with Gasteiger partial charge in [-0.2, -0.15) is 9.84 Å². The minimum Gasteiger partial charge on any atom is -0.506 e. The standard InChI is InChI=1S/C23H29N2.C17H17N5O5.C14H11N5O5.C6H12.Co/c1-6-25(7-2)19-15-12-18(13-16-19)14-17-22-23(3,4)20-10-8-9-11-21(20)24(22)5;1-3-4-7-21-16(24)12(9-18)10(2)15(17(21)25)20-19-13-8-11(22(26)27)5-6-14(13)23;1-7-11(15-2)13(21)18(3)14(22)12(7)17-16-9-6-8(19(23)24)4-5-10(9)20;1-4-6(3)5-2;/h8-17H,6-7H2,1-5H3;5-6,8,23,25H,3-4,7H2,1-2H3;4-6,20,22H,1,3H3;3-5H2,1-2H3;/q+1;;;;. The molecule has 0 amide bonds. The van der Waals surface area contributed by atoms with Crippen LogP contribution in [0.15, 0.2) is 133 Å². The molecule has 0 unspecified atom stereocenters. The molecule has 2 aromatic heterocycles. The summed E-state index contributed by atoms with van der Waals surface area (Å²) in [5, 5.41) is 85.8. The first kappa shape index (κ1) is 67.7. The second-order valence-electron chi connectivity index (χ2n) is 19.1. The van der Waals surface area contributed by atoms with E-state index in [1.165, 1.54) is 54.7 Å². The van der Waals surface area contributed by atoms with Gasteiger partial charge in [0, 0.05) is 96.7 Å². The number of azo groups is 2. The predicted molar refractivity (Wildman–Crippen MR) is 318 cm³/mol. The Balaban J connectivity index is 0.000000309. The maximum atomic E-state index is 12.3. The Morgan fingerprint density at radius 1 is 0.795 bits per heavy atom. The zero-order valence-corrected chi connectivity index (χ0v) is 49.4. The summed E-state index contributed by atoms with van der Waals surface area (Å²) >= 11 is 0. The Kier molecular flexibility index (Phi) is 25.2. The summed E-state index contributed by atoms with van der Waals surface area (Å²) < 4.78 is 4.19. The molecule has 6 aromatic rings. The number of nitro groups is 2. The Morgan fingerprint density at radius 3 is 1.76 bits per heavy atom. The molecule has 437 valence electrons. The number of fused-ring (bicyclic) bond motifs is 1. The number of hydrogen-bond donors (Lipinski definition) is 4. The number of aromatic hydroxyl groups is 4. The van der Waals surface area contributed by atoms with Gasteiger partial charge in [-0.3, -0.25) is 39.0 Å². The molecule has 0 atom stereocenters. The van der Waals surface area contributed by atoms with Crippen molar-refractivity contribution in [3.63, 3.8) is 0 Å². The van der Waals surface area contributed by atoms with Crippen LogP contribution in [0, 0.1) is 52.0 Å². The van der Waals surface area contributed by atoms with Crippen molar-refractivity contribution in [2.24, 2.45) is 27.5 Å². The molecule has 0 saturated heterocycles. The van der Waals surface area contributed by atoms with Crippen molar-refractivity contribution < 1.29 is 51.6 Å². The van der Waals surface area contributed by atoms with Crippen LogP contribution in [0.3, 0.4) is 0 Å². The van der Waals surface area contributed by atoms with Gasteiger partial charge in [0.15, 0.2) is 11.4 Å². The van der Waals surface area contributed by atoms with Crippen LogP contribution >= 0.6 is 0 Å². The molecule has 1 radical (unpaired) electrons. The molecule has 1 aliphatic heterocycles. The van der Waals surface area contributed by atoms with Crippen molar-refractivity contribution in [3.05, 3.63) is 183 Å². The summed E-state index contributed by atoms with van der Waals surface area (Å²) in [7, 11) is 3.42. The van der Waals surface area contributed by atoms with E-state index in [0.717, 1.165) is 77.9 Å². The van der Waals surface area contributed by atoms with Gasteiger partial charge >= 0.3 is 0 Å². The molecule has 0 aliphatic carbocycles. The number of para-hydroxylation sites is 1. The van der Waals surface area contributed by atoms with Gasteiger partial charge in [0.25, 0.3) is 28.2 Å². The number of benzene rings is 4. The molecular formula is C60H69CoN12O10+. The Labute approximate surface area is 492 Å². The zero-order valence-electron chi connectivity index (χ0n) is 48.3. The van der Waals surface area contributed by atoms with Crippen molar-refractivity contribution in [2.45, 2.75) is 100.0 Å². The van der Waals surface area contributed by atoms with Crippen molar-refractivity contribution in [1.29, 1.82) is 5.26 Å². The molecule has 4 aromatic carbocycles. The van der Waals surface area contributed by atoms with Crippen LogP contribution < -0.4 is 16.0 Å². The molecule has 0 saturated carbocycles. The first-order chi connectivity index (χ1) is 38.9. The third-order valence-electron chi connectivity index (χ3n) is 13.6. The number of pyridine rings is 2. The summed E-state index contributed by atoms with van der Waals surface area (Å²) in [6.07, 6.45) is 8.13. The number of phenols is 2. The number of unbranched alkanes of at least 4 members (excludes halogenated alkanes) is 1. The first-order valence-electron chi connectivity index (χ1n) is 26.2. The fourth-order valence-corrected chi connectivity index (χ4v) is 8.42. The second-order valence-corrected chi connectivity index (χ2v) is 19.1. The third kappa shape index (κ3) is 16.3. The molecule has 83 heavy (non-hydrogen) atoms. The Bertz CT molecular complexity index is 3690. The maximum absolute atomic E-state index is 12.3. The van der Waals surface area contributed by atoms with Crippen LogP contribution in [-0.2, 0) is 35.8 Å². The third-order valence-corrected chi connectivity index (χ3v) is 13.6. The summed E-state index contributed by atoms with van der Waals surface area (Å²) in [5.41, 5.74) is 5.22. The number of nitrogens with zero attached hydrogens (tertiary/aromatic N) is 12. The number of phenolic OH excluding ortho intramolecular Hbond substituents is 2. The quantitative estimate of drug-likeness (QED) is 0.0176. The molecule has 7 rings (SSSR count). The molecule has 23 heteroatoms. The van der Waals surface area contributed by atoms with E-state index in [1.807, 2.05) is 6.92 Å². The van der Waals surface area contributed by atoms with Crippen LogP contribution in [0.5, 0.6) is 23.3 Å². The first-order valence-corrected chi connectivity index (χ1v) is 26.2. The van der Waals surface area contributed by atoms with Gasteiger partial charge in [-0.15, -0.1) is 20.5 Å². The van der Waals surface area contributed by atoms with E-state index in [9.17, 15) is 55.5 Å². The molecular weight excluding hydrogens is 1110 g/mol. The predicted octanol–water partition coefficient (Wildman–Crippen LogP) is 14.2. The van der Waals surface area contributed by atoms with Crippen LogP contribution in [0.2, 0.25) is 0 Å². The van der Waals surface area contributed by atoms with Crippen LogP contribution in [0.1, 0.15) is 102 Å². The summed E-state index contributed by atoms with van der Waals surface area (Å²) in [6, 6.07) is 25.8. The van der Waals surface area contributed by atoms with E-state index in [-0.39, 0.29) is 96.7 Å². The number of rotatable bonds is 16. The van der Waals surface area contributed by atoms with Crippen molar-refractivity contribution in [2.75, 3.05) is 25.0 Å². The molecule has 4 N–H and O–H groups in total. The minimum absolute atomic E-state index is 0. The maximum Gasteiger partial charge on any atom is 0.271 e. The monoisotopic (exact) mass is 1180 g/mol. The average molecular weight is 1180 g/mol. The minimum atomic E-state index is -0.683. The number of nitro benzene ring substituents is 2. The van der Waals surface area contributed by atoms with Gasteiger partial charge in [-0.25, -0.2) is 4.85 Å². The normalized spacial score (nSPS) is 12.0. The molecule has 0 spiro atoms. The van der Waals surface area contributed by atoms with E-state index < -0.39 is 32.7 Å². The number of hydrogen-bond acceptors (Lipinski definition) is 16. The summed E-state index contributed by atoms with van der Waals surface area (Å²) in [4.78, 5) is 49.9. The molecule has 3 heterocycles. The fourth-order valence-electron chi connectivity index (χ4n) is 8.42. The van der Waals surface area contributed by atoms with E-state index in [2.05, 4.69) is 151 Å². The summed E-state index contributed by atoms with van der Waals surface area (Å²) in [6.45, 7) is 31.1. The SMILES string of the molecule is C=C(CC)CC.CCCCn1c(O)c(N=Nc2cc([N+](=O)[O-])ccc2O)c(C)c(C#N)c1=O.CCN(CC)c1ccc(C=CC2=[N+](C)c3ccccc3C2(C)C)cc1.[C-]#[N+]c1c(C)c(N=Nc2cc([N+](=O)[O-])ccc2O)c(O)n(C)c1=O.[Co]. The average Bonchev–Trinajstić information content (AvgIpc) is 3.98. The van der Waals surface area contributed by atoms with Gasteiger partial charge < -0.3 is 25.3 Å². The number of anilines is 1. The van der Waals surface area contributed by atoms with Crippen molar-refractivity contribution >= 4 is 63.0 Å². The molecule has 1 aliphatic rings. The van der Waals surface area contributed by atoms with E-state index >= 15 is 0 Å². The van der Waals surface area contributed by atoms with Gasteiger partial charge in [0.1, 0.15) is 47.2 Å². The van der Waals surface area contributed by atoms with Crippen LogP contribution in [0.4, 0.5) is 51.2 Å². The molecule has 0 bridgehead atoms. The largest absolute Gasteiger partial charge is 0.506 e. The van der Waals surface area contributed by atoms with Gasteiger partial charge in [0.2, 0.25) is 17.4 Å². The van der Waals surface area contributed by atoms with E-state index in [0.29, 0.717) is 6.42 Å². The second kappa shape index (κ2) is 30.9. The van der Waals surface area contributed by atoms with E-state index in [4.69, 9.17) is 6.57 Å². The smallest absolute Gasteiger partial charge is 0.271 e. The Hall–Kier alpha value is -9.58. The van der Waals surface area contributed by atoms with E-state index in [1.54, 1.807) is 6.07 Å². The Morgan fingerprint density at radius 2 is 1.31 bits per heavy atom. The number of nitriles is 1. The zero-order chi connectivity index (χ0) is 61.2.